The molecule has 0 aliphatic carbocycles. The maximum Gasteiger partial charge on any atom is 0.251 e. The van der Waals surface area contributed by atoms with Gasteiger partial charge in [0.1, 0.15) is 0 Å². The van der Waals surface area contributed by atoms with Crippen molar-refractivity contribution in [3.63, 3.8) is 0 Å². The summed E-state index contributed by atoms with van der Waals surface area (Å²) in [6.45, 7) is 3.07. The molecule has 2 aromatic rings. The van der Waals surface area contributed by atoms with Gasteiger partial charge in [-0.25, -0.2) is 8.42 Å². The topological polar surface area (TPSA) is 66.5 Å². The van der Waals surface area contributed by atoms with E-state index in [1.54, 1.807) is 30.0 Å². The van der Waals surface area contributed by atoms with Gasteiger partial charge in [-0.05, 0) is 49.2 Å². The lowest BCUT2D eigenvalue weighted by atomic mass is 10.1. The molecule has 1 aliphatic heterocycles. The zero-order valence-corrected chi connectivity index (χ0v) is 16.5. The minimum Gasteiger partial charge on any atom is -0.351 e. The summed E-state index contributed by atoms with van der Waals surface area (Å²) in [6, 6.07) is 13.5. The molecule has 1 heterocycles. The number of anilines is 1. The van der Waals surface area contributed by atoms with E-state index in [1.165, 1.54) is 21.0 Å². The molecule has 0 saturated heterocycles. The fourth-order valence-electron chi connectivity index (χ4n) is 2.93. The van der Waals surface area contributed by atoms with Crippen molar-refractivity contribution in [1.82, 2.24) is 5.32 Å². The summed E-state index contributed by atoms with van der Waals surface area (Å²) in [4.78, 5) is 13.5. The van der Waals surface area contributed by atoms with Crippen LogP contribution in [0.1, 0.15) is 21.5 Å². The zero-order valence-electron chi connectivity index (χ0n) is 14.9. The zero-order chi connectivity index (χ0) is 18.7. The molecule has 3 rings (SSSR count). The molecule has 26 heavy (non-hydrogen) atoms. The molecule has 138 valence electrons. The monoisotopic (exact) mass is 390 g/mol. The lowest BCUT2D eigenvalue weighted by molar-refractivity contribution is 0.0956. The molecular weight excluding hydrogens is 368 g/mol. The predicted octanol–water partition coefficient (Wildman–Crippen LogP) is 2.84. The molecule has 7 heteroatoms. The van der Waals surface area contributed by atoms with Crippen molar-refractivity contribution >= 4 is 33.4 Å². The Morgan fingerprint density at radius 2 is 1.92 bits per heavy atom. The predicted molar refractivity (Wildman–Crippen MR) is 107 cm³/mol. The Bertz CT molecular complexity index is 909. The molecule has 2 aromatic carbocycles. The average Bonchev–Trinajstić information content (AvgIpc) is 3.03. The maximum absolute atomic E-state index is 12.3. The first-order valence-corrected chi connectivity index (χ1v) is 11.3. The van der Waals surface area contributed by atoms with Gasteiger partial charge in [-0.15, -0.1) is 11.8 Å². The fourth-order valence-corrected chi connectivity index (χ4v) is 4.65. The third kappa shape index (κ3) is 4.40. The fraction of sp³-hybridized carbons (Fsp3) is 0.316. The standard InChI is InChI=1S/C19H22N2O3S2/c1-14-3-6-17(7-4-14)25-12-10-20-19(22)16-5-8-18-15(13-16)9-11-21(18)26(2,23)24/h3-8,13H,9-12H2,1-2H3,(H,20,22). The van der Waals surface area contributed by atoms with E-state index in [0.717, 1.165) is 11.3 Å². The van der Waals surface area contributed by atoms with Gasteiger partial charge in [-0.2, -0.15) is 0 Å². The highest BCUT2D eigenvalue weighted by Gasteiger charge is 2.26. The highest BCUT2D eigenvalue weighted by atomic mass is 32.2. The van der Waals surface area contributed by atoms with Crippen LogP contribution in [0.5, 0.6) is 0 Å². The number of nitrogens with zero attached hydrogens (tertiary/aromatic N) is 1. The van der Waals surface area contributed by atoms with Crippen LogP contribution in [-0.2, 0) is 16.4 Å². The molecule has 1 N–H and O–H groups in total. The summed E-state index contributed by atoms with van der Waals surface area (Å²) in [5.41, 5.74) is 3.38. The molecular formula is C19H22N2O3S2. The summed E-state index contributed by atoms with van der Waals surface area (Å²) >= 11 is 1.70. The quantitative estimate of drug-likeness (QED) is 0.608. The number of carbonyl (C=O) groups excluding carboxylic acids is 1. The molecule has 0 bridgehead atoms. The molecule has 1 aliphatic rings. The Morgan fingerprint density at radius 1 is 1.19 bits per heavy atom. The number of nitrogens with one attached hydrogen (secondary N) is 1. The Balaban J connectivity index is 1.55. The van der Waals surface area contributed by atoms with Crippen LogP contribution in [0.2, 0.25) is 0 Å². The number of sulfonamides is 1. The third-order valence-corrected chi connectivity index (χ3v) is 6.47. The largest absolute Gasteiger partial charge is 0.351 e. The second-order valence-electron chi connectivity index (χ2n) is 6.35. The summed E-state index contributed by atoms with van der Waals surface area (Å²) < 4.78 is 24.9. The van der Waals surface area contributed by atoms with Crippen LogP contribution in [0.3, 0.4) is 0 Å². The van der Waals surface area contributed by atoms with Crippen molar-refractivity contribution in [1.29, 1.82) is 0 Å². The molecule has 0 spiro atoms. The second kappa shape index (κ2) is 7.72. The van der Waals surface area contributed by atoms with Crippen molar-refractivity contribution in [2.75, 3.05) is 29.4 Å². The van der Waals surface area contributed by atoms with Gasteiger partial charge >= 0.3 is 0 Å². The molecule has 0 unspecified atom stereocenters. The van der Waals surface area contributed by atoms with Gasteiger partial charge in [0.25, 0.3) is 5.91 Å². The summed E-state index contributed by atoms with van der Waals surface area (Å²) in [6.07, 6.45) is 1.83. The number of hydrogen-bond donors (Lipinski definition) is 1. The Labute approximate surface area is 158 Å². The van der Waals surface area contributed by atoms with Crippen LogP contribution in [0.4, 0.5) is 5.69 Å². The molecule has 0 fully saturated rings. The van der Waals surface area contributed by atoms with Crippen LogP contribution in [0, 0.1) is 6.92 Å². The van der Waals surface area contributed by atoms with Gasteiger partial charge in [0.2, 0.25) is 10.0 Å². The van der Waals surface area contributed by atoms with E-state index in [4.69, 9.17) is 0 Å². The Kier molecular flexibility index (Phi) is 5.58. The Morgan fingerprint density at radius 3 is 2.62 bits per heavy atom. The molecule has 0 atom stereocenters. The lowest BCUT2D eigenvalue weighted by Crippen LogP contribution is -2.27. The minimum absolute atomic E-state index is 0.130. The Hall–Kier alpha value is -1.99. The van der Waals surface area contributed by atoms with Crippen LogP contribution < -0.4 is 9.62 Å². The average molecular weight is 391 g/mol. The first kappa shape index (κ1) is 18.8. The highest BCUT2D eigenvalue weighted by molar-refractivity contribution is 7.99. The van der Waals surface area contributed by atoms with Gasteiger partial charge in [0.05, 0.1) is 11.9 Å². The number of rotatable bonds is 6. The van der Waals surface area contributed by atoms with Gasteiger partial charge in [0.15, 0.2) is 0 Å². The number of aryl methyl sites for hydroxylation is 1. The number of amides is 1. The van der Waals surface area contributed by atoms with Crippen LogP contribution in [0.15, 0.2) is 47.4 Å². The normalized spacial score (nSPS) is 13.5. The SMILES string of the molecule is Cc1ccc(SCCNC(=O)c2ccc3c(c2)CCN3S(C)(=O)=O)cc1. The molecule has 0 radical (unpaired) electrons. The lowest BCUT2D eigenvalue weighted by Gasteiger charge is -2.16. The summed E-state index contributed by atoms with van der Waals surface area (Å²) in [5, 5.41) is 2.92. The highest BCUT2D eigenvalue weighted by Crippen LogP contribution is 2.30. The maximum atomic E-state index is 12.3. The first-order valence-electron chi connectivity index (χ1n) is 8.43. The van der Waals surface area contributed by atoms with Crippen LogP contribution in [0.25, 0.3) is 0 Å². The molecule has 1 amide bonds. The van der Waals surface area contributed by atoms with E-state index >= 15 is 0 Å². The van der Waals surface area contributed by atoms with E-state index in [9.17, 15) is 13.2 Å². The van der Waals surface area contributed by atoms with Crippen LogP contribution >= 0.6 is 11.8 Å². The first-order chi connectivity index (χ1) is 12.3. The van der Waals surface area contributed by atoms with Crippen LogP contribution in [-0.4, -0.2) is 39.4 Å². The third-order valence-electron chi connectivity index (χ3n) is 4.27. The summed E-state index contributed by atoms with van der Waals surface area (Å²) in [5.74, 6) is 0.664. The van der Waals surface area contributed by atoms with Crippen molar-refractivity contribution in [2.45, 2.75) is 18.2 Å². The second-order valence-corrected chi connectivity index (χ2v) is 9.42. The molecule has 0 aromatic heterocycles. The van der Waals surface area contributed by atoms with Crippen molar-refractivity contribution in [2.24, 2.45) is 0 Å². The van der Waals surface area contributed by atoms with Gasteiger partial charge in [-0.3, -0.25) is 9.10 Å². The molecule has 5 nitrogen and oxygen atoms in total. The molecule has 0 saturated carbocycles. The van der Waals surface area contributed by atoms with Crippen molar-refractivity contribution in [3.8, 4) is 0 Å². The van der Waals surface area contributed by atoms with E-state index in [1.807, 2.05) is 0 Å². The number of fused-ring (bicyclic) bond motifs is 1. The number of hydrogen-bond acceptors (Lipinski definition) is 4. The van der Waals surface area contributed by atoms with Crippen molar-refractivity contribution in [3.05, 3.63) is 59.2 Å². The number of benzene rings is 2. The smallest absolute Gasteiger partial charge is 0.251 e. The van der Waals surface area contributed by atoms with Gasteiger partial charge in [-0.1, -0.05) is 17.7 Å². The van der Waals surface area contributed by atoms with E-state index in [-0.39, 0.29) is 5.91 Å². The number of carbonyl (C=O) groups is 1. The minimum atomic E-state index is -3.27. The van der Waals surface area contributed by atoms with E-state index < -0.39 is 10.0 Å². The summed E-state index contributed by atoms with van der Waals surface area (Å²) in [7, 11) is -3.27. The number of thioether (sulfide) groups is 1. The van der Waals surface area contributed by atoms with E-state index in [2.05, 4.69) is 36.5 Å². The van der Waals surface area contributed by atoms with Crippen molar-refractivity contribution < 1.29 is 13.2 Å². The van der Waals surface area contributed by atoms with Gasteiger partial charge < -0.3 is 5.32 Å². The van der Waals surface area contributed by atoms with Gasteiger partial charge in [0, 0.05) is 29.3 Å². The van der Waals surface area contributed by atoms with E-state index in [0.29, 0.717) is 30.8 Å².